The van der Waals surface area contributed by atoms with E-state index in [9.17, 15) is 23.0 Å². The van der Waals surface area contributed by atoms with Gasteiger partial charge in [0.1, 0.15) is 33.7 Å². The number of alkyl halides is 1. The van der Waals surface area contributed by atoms with Gasteiger partial charge in [0.05, 0.1) is 25.4 Å². The minimum atomic E-state index is -4.23. The Hall–Kier alpha value is -3.08. The number of aliphatic hydroxyl groups is 2. The van der Waals surface area contributed by atoms with E-state index in [0.29, 0.717) is 29.2 Å². The Morgan fingerprint density at radius 1 is 1.13 bits per heavy atom. The normalized spacial score (nSPS) is 24.1. The van der Waals surface area contributed by atoms with Gasteiger partial charge < -0.3 is 25.0 Å². The van der Waals surface area contributed by atoms with Crippen molar-refractivity contribution in [2.24, 2.45) is 0 Å². The standard InChI is InChI=1S/C29H37FN2O6S/c1-5-6-8-21-25(26-22(37-3)9-7-10-23(26)38-4)27(33)28(29(34)32-21)39(35,36)24-14-11-18(16-31-24)20-13-12-19(30)15-17(20)2/h7,9-11,13,15,19,24,29,31-34H,5-6,8,12,14,16H2,1-4H3. The van der Waals surface area contributed by atoms with E-state index in [4.69, 9.17) is 9.47 Å². The Bertz CT molecular complexity index is 1350. The highest BCUT2D eigenvalue weighted by Gasteiger charge is 2.42. The molecule has 0 saturated heterocycles. The van der Waals surface area contributed by atoms with E-state index in [-0.39, 0.29) is 25.0 Å². The lowest BCUT2D eigenvalue weighted by molar-refractivity contribution is 0.182. The lowest BCUT2D eigenvalue weighted by Gasteiger charge is -2.33. The maximum atomic E-state index is 13.9. The number of ether oxygens (including phenoxy) is 2. The number of hydrogen-bond acceptors (Lipinski definition) is 8. The van der Waals surface area contributed by atoms with E-state index in [1.807, 2.05) is 26.0 Å². The number of halogens is 1. The van der Waals surface area contributed by atoms with Crippen molar-refractivity contribution in [1.29, 1.82) is 0 Å². The molecule has 3 unspecified atom stereocenters. The second-order valence-corrected chi connectivity index (χ2v) is 12.0. The lowest BCUT2D eigenvalue weighted by Crippen LogP contribution is -2.46. The minimum Gasteiger partial charge on any atom is -0.506 e. The quantitative estimate of drug-likeness (QED) is 0.347. The average Bonchev–Trinajstić information content (AvgIpc) is 2.91. The van der Waals surface area contributed by atoms with Gasteiger partial charge in [-0.05, 0) is 61.1 Å². The summed E-state index contributed by atoms with van der Waals surface area (Å²) < 4.78 is 52.6. The van der Waals surface area contributed by atoms with Crippen molar-refractivity contribution in [2.45, 2.75) is 63.7 Å². The number of hydrogen-bond donors (Lipinski definition) is 4. The summed E-state index contributed by atoms with van der Waals surface area (Å²) in [5, 5.41) is 27.5. The van der Waals surface area contributed by atoms with E-state index < -0.39 is 38.3 Å². The van der Waals surface area contributed by atoms with Crippen LogP contribution in [-0.4, -0.2) is 57.2 Å². The molecule has 8 nitrogen and oxygen atoms in total. The molecule has 2 aliphatic heterocycles. The van der Waals surface area contributed by atoms with Gasteiger partial charge >= 0.3 is 0 Å². The number of methoxy groups -OCH3 is 2. The van der Waals surface area contributed by atoms with E-state index in [0.717, 1.165) is 29.6 Å². The van der Waals surface area contributed by atoms with Gasteiger partial charge in [0.2, 0.25) is 0 Å². The summed E-state index contributed by atoms with van der Waals surface area (Å²) in [4.78, 5) is -0.506. The van der Waals surface area contributed by atoms with Crippen LogP contribution in [-0.2, 0) is 9.84 Å². The third kappa shape index (κ3) is 5.64. The molecule has 3 atom stereocenters. The van der Waals surface area contributed by atoms with Crippen LogP contribution in [0.3, 0.4) is 0 Å². The molecule has 2 heterocycles. The molecule has 0 radical (unpaired) electrons. The fourth-order valence-corrected chi connectivity index (χ4v) is 7.04. The third-order valence-corrected chi connectivity index (χ3v) is 9.46. The third-order valence-electron chi connectivity index (χ3n) is 7.32. The number of allylic oxidation sites excluding steroid dienone is 5. The van der Waals surface area contributed by atoms with Gasteiger partial charge in [0.15, 0.2) is 16.1 Å². The molecule has 4 N–H and O–H groups in total. The number of aliphatic hydroxyl groups excluding tert-OH is 2. The first-order valence-electron chi connectivity index (χ1n) is 13.2. The predicted octanol–water partition coefficient (Wildman–Crippen LogP) is 4.57. The van der Waals surface area contributed by atoms with Crippen LogP contribution in [0.2, 0.25) is 0 Å². The summed E-state index contributed by atoms with van der Waals surface area (Å²) in [6.07, 6.45) is 5.05. The Morgan fingerprint density at radius 2 is 1.82 bits per heavy atom. The predicted molar refractivity (Wildman–Crippen MR) is 150 cm³/mol. The smallest absolute Gasteiger partial charge is 0.198 e. The summed E-state index contributed by atoms with van der Waals surface area (Å²) >= 11 is 0. The molecular formula is C29H37FN2O6S. The molecule has 0 bridgehead atoms. The van der Waals surface area contributed by atoms with Crippen molar-refractivity contribution in [1.82, 2.24) is 10.6 Å². The molecule has 39 heavy (non-hydrogen) atoms. The van der Waals surface area contributed by atoms with Crippen LogP contribution in [0.25, 0.3) is 5.57 Å². The van der Waals surface area contributed by atoms with Crippen LogP contribution in [0.1, 0.15) is 51.5 Å². The molecule has 212 valence electrons. The summed E-state index contributed by atoms with van der Waals surface area (Å²) in [5.74, 6) is 0.250. The molecule has 0 fully saturated rings. The fourth-order valence-electron chi connectivity index (χ4n) is 5.33. The highest BCUT2D eigenvalue weighted by molar-refractivity contribution is 7.95. The first-order valence-corrected chi connectivity index (χ1v) is 14.7. The Kier molecular flexibility index (Phi) is 8.88. The minimum absolute atomic E-state index is 0.116. The summed E-state index contributed by atoms with van der Waals surface area (Å²) in [6, 6.07) is 5.13. The molecule has 10 heteroatoms. The SMILES string of the molecule is CCCCC1=C(c2c(OC)cccc2OC)C(O)=C(S(=O)(=O)C2CC=C(C3=CCC(F)C=C3C)CN2)C(O)N1. The Labute approximate surface area is 229 Å². The molecule has 1 aromatic rings. The van der Waals surface area contributed by atoms with Gasteiger partial charge in [0.25, 0.3) is 0 Å². The van der Waals surface area contributed by atoms with E-state index >= 15 is 0 Å². The summed E-state index contributed by atoms with van der Waals surface area (Å²) in [5.41, 5.74) is 3.74. The van der Waals surface area contributed by atoms with Gasteiger partial charge in [-0.2, -0.15) is 0 Å². The number of nitrogens with one attached hydrogen (secondary N) is 2. The van der Waals surface area contributed by atoms with E-state index in [1.165, 1.54) is 14.2 Å². The molecule has 1 aromatic carbocycles. The average molecular weight is 561 g/mol. The molecule has 4 rings (SSSR count). The van der Waals surface area contributed by atoms with Crippen LogP contribution in [0, 0.1) is 0 Å². The molecule has 1 aliphatic carbocycles. The number of dihydropyridines is 1. The monoisotopic (exact) mass is 560 g/mol. The van der Waals surface area contributed by atoms with Crippen LogP contribution >= 0.6 is 0 Å². The van der Waals surface area contributed by atoms with Crippen molar-refractivity contribution in [3.8, 4) is 11.5 Å². The molecule has 0 amide bonds. The van der Waals surface area contributed by atoms with Crippen molar-refractivity contribution in [3.63, 3.8) is 0 Å². The first kappa shape index (κ1) is 28.9. The highest BCUT2D eigenvalue weighted by Crippen LogP contribution is 2.44. The van der Waals surface area contributed by atoms with Gasteiger partial charge in [0, 0.05) is 18.7 Å². The number of sulfone groups is 1. The van der Waals surface area contributed by atoms with Crippen molar-refractivity contribution in [2.75, 3.05) is 20.8 Å². The largest absolute Gasteiger partial charge is 0.506 e. The number of unbranched alkanes of at least 4 members (excludes halogenated alkanes) is 1. The van der Waals surface area contributed by atoms with Crippen LogP contribution in [0.4, 0.5) is 4.39 Å². The first-order chi connectivity index (χ1) is 18.6. The Morgan fingerprint density at radius 3 is 2.38 bits per heavy atom. The van der Waals surface area contributed by atoms with Crippen molar-refractivity contribution >= 4 is 15.4 Å². The van der Waals surface area contributed by atoms with Crippen LogP contribution in [0.5, 0.6) is 11.5 Å². The molecule has 3 aliphatic rings. The number of benzene rings is 1. The van der Waals surface area contributed by atoms with Gasteiger partial charge in [-0.25, -0.2) is 12.8 Å². The topological polar surface area (TPSA) is 117 Å². The van der Waals surface area contributed by atoms with Gasteiger partial charge in [-0.3, -0.25) is 5.32 Å². The molecule has 0 saturated carbocycles. The molecular weight excluding hydrogens is 523 g/mol. The molecule has 0 aromatic heterocycles. The fraction of sp³-hybridized carbons (Fsp3) is 0.448. The van der Waals surface area contributed by atoms with E-state index in [1.54, 1.807) is 24.3 Å². The van der Waals surface area contributed by atoms with Crippen molar-refractivity contribution in [3.05, 3.63) is 75.1 Å². The highest BCUT2D eigenvalue weighted by atomic mass is 32.2. The molecule has 0 spiro atoms. The van der Waals surface area contributed by atoms with Crippen LogP contribution < -0.4 is 20.1 Å². The van der Waals surface area contributed by atoms with E-state index in [2.05, 4.69) is 10.6 Å². The summed E-state index contributed by atoms with van der Waals surface area (Å²) in [7, 11) is -1.27. The second kappa shape index (κ2) is 12.0. The maximum Gasteiger partial charge on any atom is 0.198 e. The van der Waals surface area contributed by atoms with Crippen molar-refractivity contribution < 1.29 is 32.5 Å². The zero-order valence-corrected chi connectivity index (χ0v) is 23.6. The maximum absolute atomic E-state index is 13.9. The summed E-state index contributed by atoms with van der Waals surface area (Å²) in [6.45, 7) is 4.10. The Balaban J connectivity index is 1.76. The van der Waals surface area contributed by atoms with Gasteiger partial charge in [-0.15, -0.1) is 0 Å². The lowest BCUT2D eigenvalue weighted by atomic mass is 9.90. The van der Waals surface area contributed by atoms with Crippen LogP contribution in [0.15, 0.2) is 69.5 Å². The zero-order chi connectivity index (χ0) is 28.3. The van der Waals surface area contributed by atoms with Gasteiger partial charge in [-0.1, -0.05) is 31.6 Å². The second-order valence-electron chi connectivity index (χ2n) is 9.85. The number of rotatable bonds is 9. The zero-order valence-electron chi connectivity index (χ0n) is 22.8.